The van der Waals surface area contributed by atoms with Crippen LogP contribution in [0, 0.1) is 0 Å². The molecule has 0 unspecified atom stereocenters. The number of para-hydroxylation sites is 1. The molecule has 2 nitrogen and oxygen atoms in total. The van der Waals surface area contributed by atoms with Gasteiger partial charge in [0.1, 0.15) is 12.3 Å². The van der Waals surface area contributed by atoms with Crippen LogP contribution in [0.25, 0.3) is 18.2 Å². The molecule has 0 aliphatic carbocycles. The molecule has 4 rings (SSSR count). The lowest BCUT2D eigenvalue weighted by atomic mass is 9.81. The third-order valence-electron chi connectivity index (χ3n) is 6.07. The third kappa shape index (κ3) is 4.25. The van der Waals surface area contributed by atoms with Crippen LogP contribution in [0.15, 0.2) is 78.9 Å². The minimum Gasteiger partial charge on any atom is -0.497 e. The molecule has 0 N–H and O–H groups in total. The Hall–Kier alpha value is -3.39. The maximum Gasteiger partial charge on any atom is 0.209 e. The zero-order chi connectivity index (χ0) is 21.8. The molecule has 0 saturated heterocycles. The van der Waals surface area contributed by atoms with Crippen molar-refractivity contribution in [1.82, 2.24) is 0 Å². The lowest BCUT2D eigenvalue weighted by molar-refractivity contribution is -0.433. The van der Waals surface area contributed by atoms with Gasteiger partial charge in [-0.15, -0.1) is 0 Å². The molecular weight excluding hydrogens is 378 g/mol. The van der Waals surface area contributed by atoms with Gasteiger partial charge in [0.05, 0.1) is 12.5 Å². The van der Waals surface area contributed by atoms with Crippen molar-refractivity contribution >= 4 is 29.6 Å². The molecule has 1 aliphatic heterocycles. The number of methoxy groups -OCH3 is 1. The maximum atomic E-state index is 5.21. The monoisotopic (exact) mass is 408 g/mol. The largest absolute Gasteiger partial charge is 0.497 e. The molecule has 1 aliphatic rings. The second-order valence-corrected chi connectivity index (χ2v) is 8.38. The average molecular weight is 409 g/mol. The minimum absolute atomic E-state index is 0.00411. The summed E-state index contributed by atoms with van der Waals surface area (Å²) >= 11 is 0. The van der Waals surface area contributed by atoms with Gasteiger partial charge in [-0.1, -0.05) is 66.7 Å². The highest BCUT2D eigenvalue weighted by Gasteiger charge is 2.43. The fraction of sp³-hybridized carbons (Fsp3) is 0.207. The summed E-state index contributed by atoms with van der Waals surface area (Å²) < 4.78 is 7.64. The fourth-order valence-corrected chi connectivity index (χ4v) is 4.28. The topological polar surface area (TPSA) is 12.2 Å². The molecule has 156 valence electrons. The summed E-state index contributed by atoms with van der Waals surface area (Å²) in [5.74, 6) is 0.876. The fourth-order valence-electron chi connectivity index (χ4n) is 4.28. The lowest BCUT2D eigenvalue weighted by Crippen LogP contribution is -2.27. The van der Waals surface area contributed by atoms with Gasteiger partial charge in [-0.3, -0.25) is 0 Å². The second kappa shape index (κ2) is 8.77. The van der Waals surface area contributed by atoms with E-state index in [4.69, 9.17) is 4.74 Å². The molecule has 0 radical (unpaired) electrons. The molecule has 0 amide bonds. The molecule has 0 aromatic heterocycles. The lowest BCUT2D eigenvalue weighted by Gasteiger charge is -2.15. The summed E-state index contributed by atoms with van der Waals surface area (Å²) in [5.41, 5.74) is 7.62. The standard InChI is InChI=1S/C29H30NO/c1-5-30-27-9-7-6-8-26(27)29(2,3)28(30)21-18-23-13-10-22(11-14-23)12-15-24-16-19-25(31-4)20-17-24/h6-21H,5H2,1-4H3/q+1/b15-12+,21-18+. The van der Waals surface area contributed by atoms with E-state index in [1.165, 1.54) is 28.1 Å². The van der Waals surface area contributed by atoms with Crippen LogP contribution in [0.5, 0.6) is 5.75 Å². The highest BCUT2D eigenvalue weighted by molar-refractivity contribution is 6.05. The van der Waals surface area contributed by atoms with Crippen molar-refractivity contribution in [2.75, 3.05) is 13.7 Å². The number of fused-ring (bicyclic) bond motifs is 1. The van der Waals surface area contributed by atoms with Gasteiger partial charge in [-0.25, -0.2) is 0 Å². The SMILES string of the molecule is CC[N+]1=C(/C=C/c2ccc(/C=C/c3ccc(OC)cc3)cc2)C(C)(C)c2ccccc21. The Morgan fingerprint density at radius 1 is 0.742 bits per heavy atom. The van der Waals surface area contributed by atoms with Gasteiger partial charge in [0, 0.05) is 17.7 Å². The summed E-state index contributed by atoms with van der Waals surface area (Å²) in [4.78, 5) is 0. The minimum atomic E-state index is 0.00411. The number of allylic oxidation sites excluding steroid dienone is 1. The van der Waals surface area contributed by atoms with Gasteiger partial charge in [0.2, 0.25) is 5.69 Å². The first-order chi connectivity index (χ1) is 15.0. The zero-order valence-corrected chi connectivity index (χ0v) is 18.8. The Labute approximate surface area is 185 Å². The van der Waals surface area contributed by atoms with Crippen molar-refractivity contribution in [3.63, 3.8) is 0 Å². The Bertz CT molecular complexity index is 1150. The first kappa shape index (κ1) is 20.9. The van der Waals surface area contributed by atoms with E-state index in [0.29, 0.717) is 0 Å². The number of hydrogen-bond acceptors (Lipinski definition) is 1. The Morgan fingerprint density at radius 2 is 1.26 bits per heavy atom. The van der Waals surface area contributed by atoms with Gasteiger partial charge in [-0.05, 0) is 55.7 Å². The van der Waals surface area contributed by atoms with Crippen molar-refractivity contribution in [3.8, 4) is 5.75 Å². The first-order valence-electron chi connectivity index (χ1n) is 10.9. The van der Waals surface area contributed by atoms with Crippen LogP contribution in [0.3, 0.4) is 0 Å². The molecule has 0 spiro atoms. The normalized spacial score (nSPS) is 15.1. The first-order valence-corrected chi connectivity index (χ1v) is 10.9. The molecule has 0 bridgehead atoms. The van der Waals surface area contributed by atoms with Crippen molar-refractivity contribution in [3.05, 3.63) is 101 Å². The zero-order valence-electron chi connectivity index (χ0n) is 18.8. The summed E-state index contributed by atoms with van der Waals surface area (Å²) in [6, 6.07) is 25.5. The van der Waals surface area contributed by atoms with E-state index in [2.05, 4.69) is 110 Å². The molecule has 0 saturated carbocycles. The van der Waals surface area contributed by atoms with Crippen molar-refractivity contribution in [2.45, 2.75) is 26.2 Å². The summed E-state index contributed by atoms with van der Waals surface area (Å²) in [6.45, 7) is 7.81. The number of rotatable bonds is 6. The van der Waals surface area contributed by atoms with Gasteiger partial charge in [0.15, 0.2) is 5.71 Å². The Kier molecular flexibility index (Phi) is 5.90. The molecule has 31 heavy (non-hydrogen) atoms. The van der Waals surface area contributed by atoms with Crippen LogP contribution in [-0.2, 0) is 5.41 Å². The van der Waals surface area contributed by atoms with Crippen molar-refractivity contribution in [2.24, 2.45) is 0 Å². The highest BCUT2D eigenvalue weighted by Crippen LogP contribution is 2.39. The van der Waals surface area contributed by atoms with Crippen LogP contribution in [0.4, 0.5) is 5.69 Å². The van der Waals surface area contributed by atoms with E-state index in [1.54, 1.807) is 7.11 Å². The molecule has 3 aromatic carbocycles. The number of hydrogen-bond donors (Lipinski definition) is 0. The van der Waals surface area contributed by atoms with Crippen molar-refractivity contribution < 1.29 is 9.31 Å². The molecule has 3 aromatic rings. The number of nitrogens with zero attached hydrogens (tertiary/aromatic N) is 1. The Balaban J connectivity index is 1.52. The van der Waals surface area contributed by atoms with Gasteiger partial charge in [0.25, 0.3) is 0 Å². The summed E-state index contributed by atoms with van der Waals surface area (Å²) in [7, 11) is 1.69. The predicted octanol–water partition coefficient (Wildman–Crippen LogP) is 6.98. The molecule has 1 heterocycles. The van der Waals surface area contributed by atoms with Crippen LogP contribution in [0.1, 0.15) is 43.0 Å². The van der Waals surface area contributed by atoms with E-state index in [-0.39, 0.29) is 5.41 Å². The number of benzene rings is 3. The third-order valence-corrected chi connectivity index (χ3v) is 6.07. The van der Waals surface area contributed by atoms with E-state index >= 15 is 0 Å². The quantitative estimate of drug-likeness (QED) is 0.317. The highest BCUT2D eigenvalue weighted by atomic mass is 16.5. The molecule has 0 atom stereocenters. The predicted molar refractivity (Wildman–Crippen MR) is 132 cm³/mol. The number of ether oxygens (including phenoxy) is 1. The van der Waals surface area contributed by atoms with Gasteiger partial charge < -0.3 is 4.74 Å². The average Bonchev–Trinajstić information content (AvgIpc) is 3.03. The van der Waals surface area contributed by atoms with Crippen LogP contribution < -0.4 is 4.74 Å². The summed E-state index contributed by atoms with van der Waals surface area (Å²) in [5, 5.41) is 0. The smallest absolute Gasteiger partial charge is 0.209 e. The van der Waals surface area contributed by atoms with Crippen LogP contribution >= 0.6 is 0 Å². The maximum absolute atomic E-state index is 5.21. The van der Waals surface area contributed by atoms with E-state index in [9.17, 15) is 0 Å². The second-order valence-electron chi connectivity index (χ2n) is 8.38. The van der Waals surface area contributed by atoms with Gasteiger partial charge in [-0.2, -0.15) is 4.58 Å². The van der Waals surface area contributed by atoms with E-state index in [0.717, 1.165) is 17.9 Å². The van der Waals surface area contributed by atoms with E-state index in [1.807, 2.05) is 12.1 Å². The molecule has 2 heteroatoms. The molecular formula is C29H30NO+. The van der Waals surface area contributed by atoms with Crippen molar-refractivity contribution in [1.29, 1.82) is 0 Å². The Morgan fingerprint density at radius 3 is 1.81 bits per heavy atom. The van der Waals surface area contributed by atoms with E-state index < -0.39 is 0 Å². The van der Waals surface area contributed by atoms with Crippen LogP contribution in [-0.4, -0.2) is 23.9 Å². The molecule has 0 fully saturated rings. The van der Waals surface area contributed by atoms with Gasteiger partial charge >= 0.3 is 0 Å². The summed E-state index contributed by atoms with van der Waals surface area (Å²) in [6.07, 6.45) is 8.77. The van der Waals surface area contributed by atoms with Crippen LogP contribution in [0.2, 0.25) is 0 Å².